The van der Waals surface area contributed by atoms with E-state index in [1.54, 1.807) is 5.32 Å². The molecule has 0 bridgehead atoms. The van der Waals surface area contributed by atoms with Crippen molar-refractivity contribution in [2.75, 3.05) is 17.4 Å². The number of sulfonamides is 1. The molecule has 1 aliphatic heterocycles. The fraction of sp³-hybridized carbons (Fsp3) is 0.235. The average molecular weight is 420 g/mol. The van der Waals surface area contributed by atoms with Crippen LogP contribution in [0.4, 0.5) is 27.6 Å². The number of nitrogens with zero attached hydrogens (tertiary/aromatic N) is 1. The summed E-state index contributed by atoms with van der Waals surface area (Å²) in [5, 5.41) is 1.67. The maximum Gasteiger partial charge on any atom is 0.405 e. The van der Waals surface area contributed by atoms with Gasteiger partial charge in [-0.15, -0.1) is 0 Å². The second kappa shape index (κ2) is 7.04. The van der Waals surface area contributed by atoms with Crippen LogP contribution in [-0.2, 0) is 16.4 Å². The van der Waals surface area contributed by atoms with E-state index in [9.17, 15) is 35.2 Å². The Hall–Kier alpha value is -2.69. The lowest BCUT2D eigenvalue weighted by molar-refractivity contribution is -0.123. The molecule has 1 N–H and O–H groups in total. The van der Waals surface area contributed by atoms with Gasteiger partial charge >= 0.3 is 6.18 Å². The minimum Gasteiger partial charge on any atom is -0.343 e. The van der Waals surface area contributed by atoms with Crippen LogP contribution in [-0.4, -0.2) is 33.6 Å². The molecule has 2 aromatic rings. The molecular formula is C17H13F5N2O3S. The Bertz CT molecular complexity index is 1020. The normalized spacial score (nSPS) is 14.1. The summed E-state index contributed by atoms with van der Waals surface area (Å²) in [7, 11) is -4.18. The molecule has 0 aromatic heterocycles. The number of carbonyl (C=O) groups excluding carboxylic acids is 1. The lowest BCUT2D eigenvalue weighted by Crippen LogP contribution is -2.33. The Labute approximate surface area is 156 Å². The van der Waals surface area contributed by atoms with Gasteiger partial charge in [0.25, 0.3) is 15.9 Å². The summed E-state index contributed by atoms with van der Waals surface area (Å²) in [5.74, 6) is -2.78. The van der Waals surface area contributed by atoms with Crippen LogP contribution in [0.5, 0.6) is 0 Å². The zero-order chi connectivity index (χ0) is 20.7. The van der Waals surface area contributed by atoms with Crippen molar-refractivity contribution < 1.29 is 35.2 Å². The predicted octanol–water partition coefficient (Wildman–Crippen LogP) is 3.01. The molecule has 0 spiro atoms. The van der Waals surface area contributed by atoms with Crippen molar-refractivity contribution in [3.05, 3.63) is 59.2 Å². The quantitative estimate of drug-likeness (QED) is 0.774. The summed E-state index contributed by atoms with van der Waals surface area (Å²) < 4.78 is 90.2. The van der Waals surface area contributed by atoms with Crippen LogP contribution in [0.15, 0.2) is 41.3 Å². The van der Waals surface area contributed by atoms with Crippen LogP contribution >= 0.6 is 0 Å². The third-order valence-electron chi connectivity index (χ3n) is 4.12. The van der Waals surface area contributed by atoms with Gasteiger partial charge in [0.1, 0.15) is 18.2 Å². The van der Waals surface area contributed by atoms with Crippen molar-refractivity contribution in [1.82, 2.24) is 5.32 Å². The lowest BCUT2D eigenvalue weighted by atomic mass is 10.1. The number of hydrogen-bond donors (Lipinski definition) is 1. The highest BCUT2D eigenvalue weighted by Crippen LogP contribution is 2.35. The van der Waals surface area contributed by atoms with Crippen molar-refractivity contribution in [3.8, 4) is 0 Å². The van der Waals surface area contributed by atoms with Gasteiger partial charge in [0.05, 0.1) is 10.6 Å². The number of rotatable bonds is 4. The fourth-order valence-corrected chi connectivity index (χ4v) is 4.32. The fourth-order valence-electron chi connectivity index (χ4n) is 2.83. The van der Waals surface area contributed by atoms with Crippen molar-refractivity contribution >= 4 is 21.6 Å². The van der Waals surface area contributed by atoms with E-state index < -0.39 is 40.3 Å². The minimum absolute atomic E-state index is 0.0681. The van der Waals surface area contributed by atoms with Crippen LogP contribution in [0.2, 0.25) is 0 Å². The Balaban J connectivity index is 1.84. The van der Waals surface area contributed by atoms with E-state index in [4.69, 9.17) is 0 Å². The van der Waals surface area contributed by atoms with Crippen LogP contribution in [0.1, 0.15) is 15.9 Å². The van der Waals surface area contributed by atoms with E-state index in [0.29, 0.717) is 6.07 Å². The first-order chi connectivity index (χ1) is 13.0. The molecule has 2 aromatic carbocycles. The molecule has 0 aliphatic carbocycles. The standard InChI is InChI=1S/C17H13F5N2O3S/c18-11-7-14(19)13-5-6-24(15(13)8-11)28(26,27)12-3-1-10(2-4-12)16(25)23-9-17(20,21)22/h1-4,7-8H,5-6,9H2,(H,23,25). The Morgan fingerprint density at radius 1 is 1.11 bits per heavy atom. The molecule has 11 heteroatoms. The topological polar surface area (TPSA) is 66.5 Å². The van der Waals surface area contributed by atoms with Crippen LogP contribution in [0.3, 0.4) is 0 Å². The Morgan fingerprint density at radius 2 is 1.75 bits per heavy atom. The summed E-state index contributed by atoms with van der Waals surface area (Å²) in [6, 6.07) is 5.80. The summed E-state index contributed by atoms with van der Waals surface area (Å²) >= 11 is 0. The molecule has 3 rings (SSSR count). The zero-order valence-corrected chi connectivity index (χ0v) is 14.9. The zero-order valence-electron chi connectivity index (χ0n) is 14.1. The lowest BCUT2D eigenvalue weighted by Gasteiger charge is -2.20. The van der Waals surface area contributed by atoms with Crippen LogP contribution < -0.4 is 9.62 Å². The SMILES string of the molecule is O=C(NCC(F)(F)F)c1ccc(S(=O)(=O)N2CCc3c(F)cc(F)cc32)cc1. The molecule has 28 heavy (non-hydrogen) atoms. The van der Waals surface area contributed by atoms with Gasteiger partial charge in [-0.1, -0.05) is 0 Å². The molecular weight excluding hydrogens is 407 g/mol. The van der Waals surface area contributed by atoms with E-state index in [2.05, 4.69) is 0 Å². The molecule has 1 heterocycles. The third kappa shape index (κ3) is 3.93. The summed E-state index contributed by atoms with van der Waals surface area (Å²) in [6.45, 7) is -1.61. The second-order valence-corrected chi connectivity index (χ2v) is 7.90. The van der Waals surface area contributed by atoms with Crippen LogP contribution in [0.25, 0.3) is 0 Å². The monoisotopic (exact) mass is 420 g/mol. The van der Waals surface area contributed by atoms with Gasteiger partial charge in [0, 0.05) is 23.7 Å². The third-order valence-corrected chi connectivity index (χ3v) is 5.95. The Kier molecular flexibility index (Phi) is 5.04. The minimum atomic E-state index is -4.58. The molecule has 0 saturated heterocycles. The maximum absolute atomic E-state index is 13.8. The molecule has 0 radical (unpaired) electrons. The van der Waals surface area contributed by atoms with Gasteiger partial charge in [-0.2, -0.15) is 13.2 Å². The smallest absolute Gasteiger partial charge is 0.343 e. The molecule has 150 valence electrons. The van der Waals surface area contributed by atoms with E-state index in [1.165, 1.54) is 0 Å². The number of amides is 1. The molecule has 1 aliphatic rings. The summed E-state index contributed by atoms with van der Waals surface area (Å²) in [4.78, 5) is 11.4. The van der Waals surface area contributed by atoms with Gasteiger partial charge < -0.3 is 5.32 Å². The number of alkyl halides is 3. The number of anilines is 1. The number of benzene rings is 2. The first-order valence-electron chi connectivity index (χ1n) is 7.95. The number of fused-ring (bicyclic) bond motifs is 1. The van der Waals surface area contributed by atoms with E-state index >= 15 is 0 Å². The van der Waals surface area contributed by atoms with Gasteiger partial charge in [0.15, 0.2) is 0 Å². The molecule has 0 unspecified atom stereocenters. The maximum atomic E-state index is 13.8. The molecule has 0 saturated carbocycles. The molecule has 1 amide bonds. The molecule has 0 atom stereocenters. The number of nitrogens with one attached hydrogen (secondary N) is 1. The van der Waals surface area contributed by atoms with Gasteiger partial charge in [-0.05, 0) is 36.8 Å². The van der Waals surface area contributed by atoms with Gasteiger partial charge in [-0.3, -0.25) is 9.10 Å². The highest BCUT2D eigenvalue weighted by molar-refractivity contribution is 7.92. The molecule has 5 nitrogen and oxygen atoms in total. The second-order valence-electron chi connectivity index (χ2n) is 6.03. The van der Waals surface area contributed by atoms with Gasteiger partial charge in [0.2, 0.25) is 0 Å². The predicted molar refractivity (Wildman–Crippen MR) is 89.4 cm³/mol. The average Bonchev–Trinajstić information content (AvgIpc) is 3.04. The van der Waals surface area contributed by atoms with Gasteiger partial charge in [-0.25, -0.2) is 17.2 Å². The van der Waals surface area contributed by atoms with Crippen molar-refractivity contribution in [2.45, 2.75) is 17.5 Å². The van der Waals surface area contributed by atoms with Crippen molar-refractivity contribution in [1.29, 1.82) is 0 Å². The first-order valence-corrected chi connectivity index (χ1v) is 9.39. The molecule has 0 fully saturated rings. The highest BCUT2D eigenvalue weighted by Gasteiger charge is 2.33. The van der Waals surface area contributed by atoms with Crippen molar-refractivity contribution in [3.63, 3.8) is 0 Å². The Morgan fingerprint density at radius 3 is 2.36 bits per heavy atom. The van der Waals surface area contributed by atoms with E-state index in [-0.39, 0.29) is 34.7 Å². The summed E-state index contributed by atoms with van der Waals surface area (Å²) in [5.41, 5.74) is -0.195. The summed E-state index contributed by atoms with van der Waals surface area (Å²) in [6.07, 6.45) is -4.51. The van der Waals surface area contributed by atoms with Crippen LogP contribution in [0, 0.1) is 11.6 Å². The largest absolute Gasteiger partial charge is 0.405 e. The van der Waals surface area contributed by atoms with E-state index in [0.717, 1.165) is 34.6 Å². The first kappa shape index (κ1) is 20.1. The highest BCUT2D eigenvalue weighted by atomic mass is 32.2. The van der Waals surface area contributed by atoms with E-state index in [1.807, 2.05) is 0 Å². The number of carbonyl (C=O) groups is 1. The number of halogens is 5. The van der Waals surface area contributed by atoms with Crippen molar-refractivity contribution in [2.24, 2.45) is 0 Å². The number of hydrogen-bond acceptors (Lipinski definition) is 3.